The van der Waals surface area contributed by atoms with E-state index in [9.17, 15) is 40.9 Å². The number of piperidine rings is 1. The Morgan fingerprint density at radius 1 is 0.705 bits per heavy atom. The van der Waals surface area contributed by atoms with Crippen LogP contribution in [0, 0.1) is 46.3 Å². The van der Waals surface area contributed by atoms with Crippen molar-refractivity contribution in [3.8, 4) is 0 Å². The van der Waals surface area contributed by atoms with E-state index in [-0.39, 0.29) is 22.7 Å². The molecule has 16 nitrogen and oxygen atoms in total. The van der Waals surface area contributed by atoms with Crippen molar-refractivity contribution in [3.63, 3.8) is 0 Å². The Hall–Kier alpha value is -0.900. The van der Waals surface area contributed by atoms with E-state index in [1.165, 1.54) is 38.7 Å². The Bertz CT molecular complexity index is 1600. The van der Waals surface area contributed by atoms with Crippen LogP contribution in [0.4, 0.5) is 0 Å². The molecule has 3 saturated carbocycles. The van der Waals surface area contributed by atoms with E-state index in [4.69, 9.17) is 33.2 Å². The minimum absolute atomic E-state index is 0.00472. The van der Waals surface area contributed by atoms with E-state index in [0.717, 1.165) is 32.2 Å². The first-order valence-corrected chi connectivity index (χ1v) is 23.3. The van der Waals surface area contributed by atoms with Crippen LogP contribution in [0.25, 0.3) is 0 Å². The number of aliphatic hydroxyl groups is 8. The SMILES string of the molecule is CC1CCC2(NC1)OC1CC3[C@@H]4CC=C5C[C@@H](O[C@@H]6O[C@H](CO)[C@@H](O[C@@H]7O[C@H](C)[C@@H](O)[C@@H](O)[C@H]7O)[C@@H](O)[C@H]6O[C@@H]6O[C@H](C)[C@H](O)[C@@H](O)[C@H]6O)CC[C@]5(C)C4CC[C@]3(C)C1C2C. The van der Waals surface area contributed by atoms with Gasteiger partial charge in [0.2, 0.25) is 0 Å². The zero-order valence-corrected chi connectivity index (χ0v) is 36.6. The summed E-state index contributed by atoms with van der Waals surface area (Å²) in [5.74, 6) is 3.43. The molecule has 4 aliphatic carbocycles. The molecule has 0 amide bonds. The Kier molecular flexibility index (Phi) is 12.4. The molecule has 348 valence electrons. The first-order valence-electron chi connectivity index (χ1n) is 23.3. The van der Waals surface area contributed by atoms with Gasteiger partial charge >= 0.3 is 0 Å². The Morgan fingerprint density at radius 2 is 1.36 bits per heavy atom. The van der Waals surface area contributed by atoms with Crippen LogP contribution >= 0.6 is 0 Å². The van der Waals surface area contributed by atoms with Gasteiger partial charge in [0.25, 0.3) is 0 Å². The Balaban J connectivity index is 0.916. The van der Waals surface area contributed by atoms with Gasteiger partial charge in [-0.05, 0) is 112 Å². The van der Waals surface area contributed by atoms with Crippen molar-refractivity contribution in [1.29, 1.82) is 0 Å². The molecule has 0 aromatic carbocycles. The summed E-state index contributed by atoms with van der Waals surface area (Å²) in [7, 11) is 0. The summed E-state index contributed by atoms with van der Waals surface area (Å²) in [5, 5.41) is 89.8. The average molecular weight is 868 g/mol. The number of hydrogen-bond donors (Lipinski definition) is 9. The van der Waals surface area contributed by atoms with Crippen LogP contribution in [-0.4, -0.2) is 164 Å². The molecular formula is C45H73NO15. The fourth-order valence-electron chi connectivity index (χ4n) is 14.2. The number of aliphatic hydroxyl groups excluding tert-OH is 8. The van der Waals surface area contributed by atoms with Crippen molar-refractivity contribution in [1.82, 2.24) is 5.32 Å². The molecule has 5 saturated heterocycles. The van der Waals surface area contributed by atoms with Crippen LogP contribution in [0.2, 0.25) is 0 Å². The van der Waals surface area contributed by atoms with Crippen molar-refractivity contribution in [2.24, 2.45) is 46.3 Å². The highest BCUT2D eigenvalue weighted by Crippen LogP contribution is 2.70. The molecule has 9 aliphatic rings. The summed E-state index contributed by atoms with van der Waals surface area (Å²) in [4.78, 5) is 0. The molecule has 26 atom stereocenters. The minimum atomic E-state index is -1.70. The van der Waals surface area contributed by atoms with Crippen molar-refractivity contribution in [3.05, 3.63) is 11.6 Å². The third kappa shape index (κ3) is 7.42. The van der Waals surface area contributed by atoms with Crippen LogP contribution in [0.15, 0.2) is 11.6 Å². The third-order valence-corrected chi connectivity index (χ3v) is 17.9. The predicted octanol–water partition coefficient (Wildman–Crippen LogP) is 0.815. The normalized spacial score (nSPS) is 58.4. The van der Waals surface area contributed by atoms with E-state index in [1.54, 1.807) is 0 Å². The summed E-state index contributed by atoms with van der Waals surface area (Å²) < 4.78 is 43.7. The number of hydrogen-bond acceptors (Lipinski definition) is 16. The molecule has 0 bridgehead atoms. The zero-order chi connectivity index (χ0) is 43.5. The molecular weight excluding hydrogens is 794 g/mol. The number of nitrogens with one attached hydrogen (secondary N) is 1. The van der Waals surface area contributed by atoms with Gasteiger partial charge in [0.1, 0.15) is 66.8 Å². The fourth-order valence-corrected chi connectivity index (χ4v) is 14.2. The second-order valence-electron chi connectivity index (χ2n) is 21.2. The highest BCUT2D eigenvalue weighted by molar-refractivity contribution is 5.26. The molecule has 1 spiro atoms. The summed E-state index contributed by atoms with van der Waals surface area (Å²) in [5.41, 5.74) is 1.41. The van der Waals surface area contributed by atoms with Crippen LogP contribution in [0.5, 0.6) is 0 Å². The van der Waals surface area contributed by atoms with E-state index in [0.29, 0.717) is 54.5 Å². The van der Waals surface area contributed by atoms with Crippen molar-refractivity contribution in [2.45, 2.75) is 209 Å². The Morgan fingerprint density at radius 3 is 1.98 bits per heavy atom. The van der Waals surface area contributed by atoms with Crippen LogP contribution in [0.1, 0.15) is 99.3 Å². The lowest BCUT2D eigenvalue weighted by Gasteiger charge is -2.59. The lowest BCUT2D eigenvalue weighted by atomic mass is 9.47. The molecule has 5 heterocycles. The van der Waals surface area contributed by atoms with Crippen molar-refractivity contribution < 1.29 is 74.0 Å². The van der Waals surface area contributed by atoms with E-state index in [1.807, 2.05) is 0 Å². The monoisotopic (exact) mass is 867 g/mol. The summed E-state index contributed by atoms with van der Waals surface area (Å²) in [6, 6.07) is 0. The molecule has 9 rings (SSSR count). The van der Waals surface area contributed by atoms with Crippen molar-refractivity contribution in [2.75, 3.05) is 13.2 Å². The van der Waals surface area contributed by atoms with Gasteiger partial charge in [-0.25, -0.2) is 0 Å². The molecule has 8 fully saturated rings. The van der Waals surface area contributed by atoms with Crippen LogP contribution < -0.4 is 5.32 Å². The Labute approximate surface area is 359 Å². The summed E-state index contributed by atoms with van der Waals surface area (Å²) in [6.07, 6.45) is -9.93. The molecule has 16 heteroatoms. The maximum absolute atomic E-state index is 12.0. The minimum Gasteiger partial charge on any atom is -0.394 e. The molecule has 9 N–H and O–H groups in total. The van der Waals surface area contributed by atoms with Gasteiger partial charge in [-0.15, -0.1) is 0 Å². The number of rotatable bonds is 7. The van der Waals surface area contributed by atoms with Gasteiger partial charge in [-0.1, -0.05) is 39.3 Å². The first-order chi connectivity index (χ1) is 28.9. The largest absolute Gasteiger partial charge is 0.394 e. The summed E-state index contributed by atoms with van der Waals surface area (Å²) in [6.45, 7) is 13.2. The number of fused-ring (bicyclic) bond motifs is 7. The van der Waals surface area contributed by atoms with E-state index >= 15 is 0 Å². The third-order valence-electron chi connectivity index (χ3n) is 17.9. The molecule has 7 unspecified atom stereocenters. The lowest BCUT2D eigenvalue weighted by molar-refractivity contribution is -0.388. The van der Waals surface area contributed by atoms with Gasteiger partial charge in [0.15, 0.2) is 18.9 Å². The second kappa shape index (κ2) is 16.8. The molecule has 0 radical (unpaired) electrons. The van der Waals surface area contributed by atoms with Crippen molar-refractivity contribution >= 4 is 0 Å². The van der Waals surface area contributed by atoms with Gasteiger partial charge in [-0.2, -0.15) is 0 Å². The molecule has 0 aromatic heterocycles. The van der Waals surface area contributed by atoms with Gasteiger partial charge in [-0.3, -0.25) is 5.32 Å². The van der Waals surface area contributed by atoms with E-state index < -0.39 is 98.7 Å². The highest BCUT2D eigenvalue weighted by atomic mass is 16.8. The smallest absolute Gasteiger partial charge is 0.187 e. The van der Waals surface area contributed by atoms with Gasteiger partial charge < -0.3 is 74.0 Å². The molecule has 61 heavy (non-hydrogen) atoms. The molecule has 5 aliphatic heterocycles. The van der Waals surface area contributed by atoms with Crippen LogP contribution in [0.3, 0.4) is 0 Å². The zero-order valence-electron chi connectivity index (χ0n) is 36.6. The predicted molar refractivity (Wildman–Crippen MR) is 215 cm³/mol. The quantitative estimate of drug-likeness (QED) is 0.161. The van der Waals surface area contributed by atoms with E-state index in [2.05, 4.69) is 39.1 Å². The van der Waals surface area contributed by atoms with Gasteiger partial charge in [0, 0.05) is 12.5 Å². The highest BCUT2D eigenvalue weighted by Gasteiger charge is 2.68. The number of ether oxygens (including phenoxy) is 7. The average Bonchev–Trinajstić information content (AvgIpc) is 3.69. The second-order valence-corrected chi connectivity index (χ2v) is 21.2. The maximum Gasteiger partial charge on any atom is 0.187 e. The first kappa shape index (κ1) is 45.3. The topological polar surface area (TPSA) is 238 Å². The van der Waals surface area contributed by atoms with Crippen LogP contribution in [-0.2, 0) is 33.2 Å². The fraction of sp³-hybridized carbons (Fsp3) is 0.956. The molecule has 0 aromatic rings. The maximum atomic E-state index is 12.0. The van der Waals surface area contributed by atoms with Gasteiger partial charge in [0.05, 0.1) is 31.0 Å². The lowest BCUT2D eigenvalue weighted by Crippen LogP contribution is -2.66. The standard InChI is InChI=1S/C45H73NO15/c1-19-9-14-45(46-17-19)20(2)30-28(61-45)16-27-25-8-7-23-15-24(10-12-43(23,5)26(25)11-13-44(27,30)6)57-42-39(60-41-36(53)34(51)32(49)22(4)56-41)37(54)38(29(18-47)58-42)59-40-35(52)33(50)31(48)21(3)55-40/h7,19-22,24-42,46-54H,8-18H2,1-6H3/t19?,20?,21-,22-,24+,25-,26?,27?,28?,29-,30?,31-,32+,33-,34-,35-,36-,37-,38-,39-,40+,41+,42-,43+,44+,45?/m1/s1. The number of allylic oxidation sites excluding steroid dienone is 1. The summed E-state index contributed by atoms with van der Waals surface area (Å²) >= 11 is 0.